The molecular weight excluding hydrogens is 246 g/mol. The molecule has 1 amide bonds. The van der Waals surface area contributed by atoms with Crippen molar-refractivity contribution in [3.63, 3.8) is 0 Å². The summed E-state index contributed by atoms with van der Waals surface area (Å²) in [5.74, 6) is -0.802. The third-order valence-corrected chi connectivity index (χ3v) is 4.63. The molecule has 2 fully saturated rings. The van der Waals surface area contributed by atoms with Crippen LogP contribution in [0.1, 0.15) is 44.9 Å². The molecule has 108 valence electrons. The molecule has 1 N–H and O–H groups in total. The Morgan fingerprint density at radius 1 is 1.26 bits per heavy atom. The zero-order valence-corrected chi connectivity index (χ0v) is 11.6. The fraction of sp³-hybridized carbons (Fsp3) is 0.857. The SMILES string of the molecule is COC1CCN(C(=O)CC2(C(=O)O)CCCC2)CC1. The van der Waals surface area contributed by atoms with Crippen LogP contribution in [0.3, 0.4) is 0 Å². The van der Waals surface area contributed by atoms with Crippen molar-refractivity contribution in [2.24, 2.45) is 5.41 Å². The zero-order chi connectivity index (χ0) is 13.9. The number of nitrogens with zero attached hydrogens (tertiary/aromatic N) is 1. The van der Waals surface area contributed by atoms with E-state index in [0.717, 1.165) is 25.7 Å². The summed E-state index contributed by atoms with van der Waals surface area (Å²) >= 11 is 0. The number of hydrogen-bond acceptors (Lipinski definition) is 3. The second-order valence-corrected chi connectivity index (χ2v) is 5.79. The van der Waals surface area contributed by atoms with Crippen LogP contribution < -0.4 is 0 Å². The average Bonchev–Trinajstić information content (AvgIpc) is 2.88. The monoisotopic (exact) mass is 269 g/mol. The van der Waals surface area contributed by atoms with Crippen LogP contribution in [0, 0.1) is 5.41 Å². The summed E-state index contributed by atoms with van der Waals surface area (Å²) in [7, 11) is 1.69. The highest BCUT2D eigenvalue weighted by Gasteiger charge is 2.44. The van der Waals surface area contributed by atoms with Crippen LogP contribution in [0.15, 0.2) is 0 Å². The topological polar surface area (TPSA) is 66.8 Å². The molecule has 0 aromatic carbocycles. The van der Waals surface area contributed by atoms with Gasteiger partial charge in [0.1, 0.15) is 0 Å². The average molecular weight is 269 g/mol. The Balaban J connectivity index is 1.92. The largest absolute Gasteiger partial charge is 0.481 e. The van der Waals surface area contributed by atoms with E-state index >= 15 is 0 Å². The van der Waals surface area contributed by atoms with E-state index in [1.807, 2.05) is 0 Å². The molecule has 1 saturated carbocycles. The Hall–Kier alpha value is -1.10. The lowest BCUT2D eigenvalue weighted by molar-refractivity contribution is -0.154. The summed E-state index contributed by atoms with van der Waals surface area (Å²) in [6.07, 6.45) is 5.23. The van der Waals surface area contributed by atoms with Gasteiger partial charge in [0.05, 0.1) is 11.5 Å². The van der Waals surface area contributed by atoms with E-state index in [9.17, 15) is 14.7 Å². The fourth-order valence-corrected chi connectivity index (χ4v) is 3.26. The molecular formula is C14H23NO4. The summed E-state index contributed by atoms with van der Waals surface area (Å²) in [6.45, 7) is 1.38. The van der Waals surface area contributed by atoms with Crippen molar-refractivity contribution in [2.45, 2.75) is 51.0 Å². The van der Waals surface area contributed by atoms with Gasteiger partial charge in [0, 0.05) is 26.6 Å². The van der Waals surface area contributed by atoms with Crippen molar-refractivity contribution >= 4 is 11.9 Å². The first-order valence-corrected chi connectivity index (χ1v) is 7.11. The van der Waals surface area contributed by atoms with E-state index in [-0.39, 0.29) is 18.4 Å². The molecule has 0 radical (unpaired) electrons. The van der Waals surface area contributed by atoms with Crippen molar-refractivity contribution in [2.75, 3.05) is 20.2 Å². The zero-order valence-electron chi connectivity index (χ0n) is 11.6. The Bertz CT molecular complexity index is 341. The number of piperidine rings is 1. The molecule has 19 heavy (non-hydrogen) atoms. The van der Waals surface area contributed by atoms with E-state index < -0.39 is 11.4 Å². The molecule has 0 atom stereocenters. The molecule has 5 nitrogen and oxygen atoms in total. The van der Waals surface area contributed by atoms with Gasteiger partial charge in [-0.15, -0.1) is 0 Å². The second kappa shape index (κ2) is 5.90. The highest BCUT2D eigenvalue weighted by Crippen LogP contribution is 2.41. The minimum atomic E-state index is -0.801. The number of hydrogen-bond donors (Lipinski definition) is 1. The molecule has 1 heterocycles. The lowest BCUT2D eigenvalue weighted by Crippen LogP contribution is -2.43. The number of aliphatic carboxylic acids is 1. The molecule has 1 saturated heterocycles. The van der Waals surface area contributed by atoms with Gasteiger partial charge in [-0.25, -0.2) is 0 Å². The number of carboxylic acids is 1. The molecule has 5 heteroatoms. The predicted octanol–water partition coefficient (Wildman–Crippen LogP) is 1.66. The summed E-state index contributed by atoms with van der Waals surface area (Å²) in [5.41, 5.74) is -0.796. The molecule has 2 aliphatic rings. The van der Waals surface area contributed by atoms with E-state index in [0.29, 0.717) is 25.9 Å². The van der Waals surface area contributed by atoms with Gasteiger partial charge in [-0.2, -0.15) is 0 Å². The van der Waals surface area contributed by atoms with E-state index in [2.05, 4.69) is 0 Å². The number of rotatable bonds is 4. The van der Waals surface area contributed by atoms with E-state index in [1.165, 1.54) is 0 Å². The first-order valence-electron chi connectivity index (χ1n) is 7.11. The van der Waals surface area contributed by atoms with Gasteiger partial charge in [-0.1, -0.05) is 12.8 Å². The van der Waals surface area contributed by atoms with Crippen LogP contribution in [-0.4, -0.2) is 48.2 Å². The van der Waals surface area contributed by atoms with Gasteiger partial charge in [0.2, 0.25) is 5.91 Å². The van der Waals surface area contributed by atoms with Crippen molar-refractivity contribution in [3.8, 4) is 0 Å². The van der Waals surface area contributed by atoms with Gasteiger partial charge in [-0.3, -0.25) is 9.59 Å². The number of carbonyl (C=O) groups excluding carboxylic acids is 1. The number of carbonyl (C=O) groups is 2. The maximum absolute atomic E-state index is 12.3. The molecule has 1 aliphatic carbocycles. The fourth-order valence-electron chi connectivity index (χ4n) is 3.26. The summed E-state index contributed by atoms with van der Waals surface area (Å²) in [5, 5.41) is 9.40. The van der Waals surface area contributed by atoms with E-state index in [4.69, 9.17) is 4.74 Å². The molecule has 0 unspecified atom stereocenters. The first kappa shape index (κ1) is 14.3. The van der Waals surface area contributed by atoms with Crippen LogP contribution in [0.25, 0.3) is 0 Å². The van der Waals surface area contributed by atoms with Crippen LogP contribution in [0.5, 0.6) is 0 Å². The number of methoxy groups -OCH3 is 1. The summed E-state index contributed by atoms with van der Waals surface area (Å²) in [6, 6.07) is 0. The molecule has 0 spiro atoms. The standard InChI is InChI=1S/C14H23NO4/c1-19-11-4-8-15(9-5-11)12(16)10-14(13(17)18)6-2-3-7-14/h11H,2-10H2,1H3,(H,17,18). The lowest BCUT2D eigenvalue weighted by atomic mass is 9.82. The van der Waals surface area contributed by atoms with Crippen molar-refractivity contribution in [3.05, 3.63) is 0 Å². The summed E-state index contributed by atoms with van der Waals surface area (Å²) in [4.78, 5) is 25.5. The first-order chi connectivity index (χ1) is 9.07. The summed E-state index contributed by atoms with van der Waals surface area (Å²) < 4.78 is 5.28. The van der Waals surface area contributed by atoms with Gasteiger partial charge in [0.25, 0.3) is 0 Å². The molecule has 2 rings (SSSR count). The van der Waals surface area contributed by atoms with Crippen molar-refractivity contribution in [1.29, 1.82) is 0 Å². The molecule has 1 aliphatic heterocycles. The molecule has 0 aromatic rings. The van der Waals surface area contributed by atoms with Gasteiger partial charge in [0.15, 0.2) is 0 Å². The second-order valence-electron chi connectivity index (χ2n) is 5.79. The quantitative estimate of drug-likeness (QED) is 0.843. The Morgan fingerprint density at radius 3 is 2.32 bits per heavy atom. The van der Waals surface area contributed by atoms with Gasteiger partial charge < -0.3 is 14.7 Å². The number of carboxylic acid groups (broad SMARTS) is 1. The smallest absolute Gasteiger partial charge is 0.310 e. The van der Waals surface area contributed by atoms with Crippen LogP contribution in [0.2, 0.25) is 0 Å². The van der Waals surface area contributed by atoms with Gasteiger partial charge >= 0.3 is 5.97 Å². The Labute approximate surface area is 113 Å². The van der Waals surface area contributed by atoms with Crippen LogP contribution in [-0.2, 0) is 14.3 Å². The minimum absolute atomic E-state index is 0.00106. The van der Waals surface area contributed by atoms with Crippen LogP contribution in [0.4, 0.5) is 0 Å². The number of ether oxygens (including phenoxy) is 1. The van der Waals surface area contributed by atoms with Crippen LogP contribution >= 0.6 is 0 Å². The predicted molar refractivity (Wildman–Crippen MR) is 69.8 cm³/mol. The lowest BCUT2D eigenvalue weighted by Gasteiger charge is -2.33. The number of likely N-dealkylation sites (tertiary alicyclic amines) is 1. The number of amides is 1. The molecule has 0 bridgehead atoms. The normalized spacial score (nSPS) is 23.5. The Kier molecular flexibility index (Phi) is 4.45. The van der Waals surface area contributed by atoms with Gasteiger partial charge in [-0.05, 0) is 25.7 Å². The molecule has 0 aromatic heterocycles. The van der Waals surface area contributed by atoms with E-state index in [1.54, 1.807) is 12.0 Å². The third kappa shape index (κ3) is 3.08. The highest BCUT2D eigenvalue weighted by molar-refractivity contribution is 5.85. The Morgan fingerprint density at radius 2 is 1.84 bits per heavy atom. The maximum atomic E-state index is 12.3. The van der Waals surface area contributed by atoms with Crippen molar-refractivity contribution < 1.29 is 19.4 Å². The maximum Gasteiger partial charge on any atom is 0.310 e. The van der Waals surface area contributed by atoms with Crippen molar-refractivity contribution in [1.82, 2.24) is 4.90 Å². The highest BCUT2D eigenvalue weighted by atomic mass is 16.5. The minimum Gasteiger partial charge on any atom is -0.481 e. The third-order valence-electron chi connectivity index (χ3n) is 4.63.